The van der Waals surface area contributed by atoms with E-state index < -0.39 is 21.8 Å². The molecule has 2 aromatic carbocycles. The first-order valence-electron chi connectivity index (χ1n) is 7.97. The highest BCUT2D eigenvalue weighted by molar-refractivity contribution is 7.89. The zero-order valence-electron chi connectivity index (χ0n) is 14.0. The molecule has 5 nitrogen and oxygen atoms in total. The summed E-state index contributed by atoms with van der Waals surface area (Å²) in [4.78, 5) is 4.16. The van der Waals surface area contributed by atoms with Crippen molar-refractivity contribution in [3.05, 3.63) is 65.9 Å². The standard InChI is InChI=1S/C18H16F3N3O2S/c19-18(20,21)16-3-1-2-15-14(16)9-11-24-17(15)23-10-8-12-4-6-13(7-5-12)27(22,25)26/h1-7,9,11H,8,10H2,(H,23,24)(H2,22,25,26). The third-order valence-electron chi connectivity index (χ3n) is 4.07. The number of benzene rings is 2. The molecule has 0 saturated heterocycles. The van der Waals surface area contributed by atoms with E-state index in [1.165, 1.54) is 30.5 Å². The van der Waals surface area contributed by atoms with E-state index in [1.54, 1.807) is 18.2 Å². The van der Waals surface area contributed by atoms with Crippen molar-refractivity contribution in [3.63, 3.8) is 0 Å². The van der Waals surface area contributed by atoms with Crippen LogP contribution in [-0.4, -0.2) is 19.9 Å². The van der Waals surface area contributed by atoms with E-state index in [0.717, 1.165) is 11.6 Å². The maximum absolute atomic E-state index is 13.1. The molecule has 142 valence electrons. The Morgan fingerprint density at radius 3 is 2.33 bits per heavy atom. The number of rotatable bonds is 5. The normalized spacial score (nSPS) is 12.3. The molecule has 0 spiro atoms. The number of alkyl halides is 3. The summed E-state index contributed by atoms with van der Waals surface area (Å²) in [6.45, 7) is 0.414. The zero-order valence-corrected chi connectivity index (χ0v) is 14.8. The number of primary sulfonamides is 1. The van der Waals surface area contributed by atoms with Crippen molar-refractivity contribution in [2.24, 2.45) is 5.14 Å². The Morgan fingerprint density at radius 2 is 1.70 bits per heavy atom. The van der Waals surface area contributed by atoms with Crippen molar-refractivity contribution in [1.29, 1.82) is 0 Å². The second-order valence-electron chi connectivity index (χ2n) is 5.92. The van der Waals surface area contributed by atoms with Crippen LogP contribution in [0.1, 0.15) is 11.1 Å². The summed E-state index contributed by atoms with van der Waals surface area (Å²) in [6.07, 6.45) is -2.58. The summed E-state index contributed by atoms with van der Waals surface area (Å²) in [5, 5.41) is 8.56. The summed E-state index contributed by atoms with van der Waals surface area (Å²) in [6, 6.07) is 11.4. The lowest BCUT2D eigenvalue weighted by Gasteiger charge is -2.13. The maximum atomic E-state index is 13.1. The Hall–Kier alpha value is -2.65. The van der Waals surface area contributed by atoms with Crippen molar-refractivity contribution < 1.29 is 21.6 Å². The Bertz CT molecular complexity index is 1070. The van der Waals surface area contributed by atoms with Gasteiger partial charge in [0.15, 0.2) is 0 Å². The van der Waals surface area contributed by atoms with Crippen LogP contribution in [0.25, 0.3) is 10.8 Å². The third-order valence-corrected chi connectivity index (χ3v) is 5.00. The first-order chi connectivity index (χ1) is 12.7. The van der Waals surface area contributed by atoms with Crippen LogP contribution in [0.5, 0.6) is 0 Å². The number of aromatic nitrogens is 1. The maximum Gasteiger partial charge on any atom is 0.417 e. The molecule has 0 amide bonds. The van der Waals surface area contributed by atoms with Gasteiger partial charge in [0.1, 0.15) is 5.82 Å². The summed E-state index contributed by atoms with van der Waals surface area (Å²) < 4.78 is 61.9. The van der Waals surface area contributed by atoms with Gasteiger partial charge < -0.3 is 5.32 Å². The van der Waals surface area contributed by atoms with Crippen LogP contribution < -0.4 is 10.5 Å². The van der Waals surface area contributed by atoms with Crippen LogP contribution in [0.4, 0.5) is 19.0 Å². The van der Waals surface area contributed by atoms with Crippen molar-refractivity contribution in [2.45, 2.75) is 17.5 Å². The smallest absolute Gasteiger partial charge is 0.369 e. The third kappa shape index (κ3) is 4.37. The van der Waals surface area contributed by atoms with Crippen LogP contribution in [0, 0.1) is 0 Å². The Kier molecular flexibility index (Phi) is 5.07. The average molecular weight is 395 g/mol. The highest BCUT2D eigenvalue weighted by Gasteiger charge is 2.32. The van der Waals surface area contributed by atoms with Gasteiger partial charge in [-0.15, -0.1) is 0 Å². The fourth-order valence-corrected chi connectivity index (χ4v) is 3.28. The van der Waals surface area contributed by atoms with E-state index >= 15 is 0 Å². The van der Waals surface area contributed by atoms with Crippen molar-refractivity contribution in [3.8, 4) is 0 Å². The summed E-state index contributed by atoms with van der Waals surface area (Å²) in [5.41, 5.74) is 0.148. The largest absolute Gasteiger partial charge is 0.417 e. The molecule has 3 rings (SSSR count). The molecule has 0 fully saturated rings. The first kappa shape index (κ1) is 19.1. The monoisotopic (exact) mass is 395 g/mol. The Morgan fingerprint density at radius 1 is 1.00 bits per heavy atom. The van der Waals surface area contributed by atoms with Gasteiger partial charge in [-0.05, 0) is 41.6 Å². The van der Waals surface area contributed by atoms with Crippen molar-refractivity contribution in [2.75, 3.05) is 11.9 Å². The molecule has 0 unspecified atom stereocenters. The van der Waals surface area contributed by atoms with E-state index in [9.17, 15) is 21.6 Å². The lowest BCUT2D eigenvalue weighted by Crippen LogP contribution is -2.12. The van der Waals surface area contributed by atoms with Gasteiger partial charge in [-0.2, -0.15) is 13.2 Å². The molecule has 3 N–H and O–H groups in total. The molecule has 27 heavy (non-hydrogen) atoms. The lowest BCUT2D eigenvalue weighted by atomic mass is 10.1. The van der Waals surface area contributed by atoms with Gasteiger partial charge in [0, 0.05) is 18.1 Å². The molecule has 0 aliphatic heterocycles. The van der Waals surface area contributed by atoms with E-state index in [1.807, 2.05) is 0 Å². The van der Waals surface area contributed by atoms with E-state index in [-0.39, 0.29) is 10.3 Å². The fraction of sp³-hybridized carbons (Fsp3) is 0.167. The molecule has 0 atom stereocenters. The fourth-order valence-electron chi connectivity index (χ4n) is 2.77. The predicted molar refractivity (Wildman–Crippen MR) is 96.8 cm³/mol. The SMILES string of the molecule is NS(=O)(=O)c1ccc(CCNc2nccc3c(C(F)(F)F)cccc23)cc1. The summed E-state index contributed by atoms with van der Waals surface area (Å²) in [5.74, 6) is 0.361. The Balaban J connectivity index is 1.76. The molecular weight excluding hydrogens is 379 g/mol. The number of halogens is 3. The number of nitrogens with two attached hydrogens (primary N) is 1. The number of pyridine rings is 1. The number of nitrogens with zero attached hydrogens (tertiary/aromatic N) is 1. The van der Waals surface area contributed by atoms with Crippen LogP contribution in [0.15, 0.2) is 59.6 Å². The molecule has 1 heterocycles. The van der Waals surface area contributed by atoms with Gasteiger partial charge in [0.05, 0.1) is 10.5 Å². The van der Waals surface area contributed by atoms with Crippen LogP contribution in [0.3, 0.4) is 0 Å². The first-order valence-corrected chi connectivity index (χ1v) is 9.51. The van der Waals surface area contributed by atoms with E-state index in [0.29, 0.717) is 24.2 Å². The molecular formula is C18H16F3N3O2S. The molecule has 0 aliphatic rings. The van der Waals surface area contributed by atoms with E-state index in [4.69, 9.17) is 5.14 Å². The lowest BCUT2D eigenvalue weighted by molar-refractivity contribution is -0.136. The van der Waals surface area contributed by atoms with Gasteiger partial charge in [0.25, 0.3) is 0 Å². The second kappa shape index (κ2) is 7.16. The molecule has 0 aliphatic carbocycles. The molecule has 3 aromatic rings. The molecule has 0 bridgehead atoms. The molecule has 9 heteroatoms. The minimum absolute atomic E-state index is 0.0228. The van der Waals surface area contributed by atoms with Gasteiger partial charge in [-0.3, -0.25) is 0 Å². The zero-order chi connectivity index (χ0) is 19.7. The summed E-state index contributed by atoms with van der Waals surface area (Å²) >= 11 is 0. The van der Waals surface area contributed by atoms with Crippen molar-refractivity contribution >= 4 is 26.6 Å². The molecule has 1 aromatic heterocycles. The van der Waals surface area contributed by atoms with Gasteiger partial charge in [-0.25, -0.2) is 18.5 Å². The molecule has 0 radical (unpaired) electrons. The van der Waals surface area contributed by atoms with Gasteiger partial charge in [0.2, 0.25) is 10.0 Å². The van der Waals surface area contributed by atoms with Crippen LogP contribution in [0.2, 0.25) is 0 Å². The number of sulfonamides is 1. The number of fused-ring (bicyclic) bond motifs is 1. The highest BCUT2D eigenvalue weighted by Crippen LogP contribution is 2.36. The number of hydrogen-bond acceptors (Lipinski definition) is 4. The minimum Gasteiger partial charge on any atom is -0.369 e. The number of hydrogen-bond donors (Lipinski definition) is 2. The average Bonchev–Trinajstić information content (AvgIpc) is 2.60. The number of nitrogens with one attached hydrogen (secondary N) is 1. The topological polar surface area (TPSA) is 85.1 Å². The molecule has 0 saturated carbocycles. The second-order valence-corrected chi connectivity index (χ2v) is 7.49. The highest BCUT2D eigenvalue weighted by atomic mass is 32.2. The minimum atomic E-state index is -4.44. The van der Waals surface area contributed by atoms with E-state index in [2.05, 4.69) is 10.3 Å². The number of anilines is 1. The van der Waals surface area contributed by atoms with Gasteiger partial charge >= 0.3 is 6.18 Å². The quantitative estimate of drug-likeness (QED) is 0.692. The predicted octanol–water partition coefficient (Wildman–Crippen LogP) is 3.56. The van der Waals surface area contributed by atoms with Crippen LogP contribution >= 0.6 is 0 Å². The van der Waals surface area contributed by atoms with Gasteiger partial charge in [-0.1, -0.05) is 24.3 Å². The van der Waals surface area contributed by atoms with Crippen molar-refractivity contribution in [1.82, 2.24) is 4.98 Å². The Labute approximate surface area is 154 Å². The summed E-state index contributed by atoms with van der Waals surface area (Å²) in [7, 11) is -3.74. The van der Waals surface area contributed by atoms with Crippen LogP contribution in [-0.2, 0) is 22.6 Å².